The lowest BCUT2D eigenvalue weighted by atomic mass is 9.82. The van der Waals surface area contributed by atoms with Gasteiger partial charge < -0.3 is 20.3 Å². The topological polar surface area (TPSA) is 64.7 Å². The van der Waals surface area contributed by atoms with Crippen molar-refractivity contribution in [1.82, 2.24) is 0 Å². The highest BCUT2D eigenvalue weighted by molar-refractivity contribution is 5.37. The predicted molar refractivity (Wildman–Crippen MR) is 111 cm³/mol. The predicted octanol–water partition coefficient (Wildman–Crippen LogP) is 3.98. The summed E-state index contributed by atoms with van der Waals surface area (Å²) in [7, 11) is 1.56. The molecule has 2 aliphatic rings. The Labute approximate surface area is 171 Å². The quantitative estimate of drug-likeness (QED) is 0.771. The lowest BCUT2D eigenvalue weighted by molar-refractivity contribution is 0.198. The van der Waals surface area contributed by atoms with Gasteiger partial charge in [-0.3, -0.25) is 0 Å². The molecule has 0 heterocycles. The van der Waals surface area contributed by atoms with Crippen LogP contribution in [0.5, 0.6) is 11.5 Å². The molecule has 0 saturated heterocycles. The van der Waals surface area contributed by atoms with Crippen molar-refractivity contribution in [3.05, 3.63) is 58.9 Å². The number of benzene rings is 2. The Kier molecular flexibility index (Phi) is 5.79. The number of nitrogens with two attached hydrogens (primary N) is 1. The molecule has 2 aliphatic carbocycles. The second-order valence-corrected chi connectivity index (χ2v) is 8.70. The first kappa shape index (κ1) is 20.2. The Bertz CT molecular complexity index is 871. The zero-order chi connectivity index (χ0) is 20.4. The average Bonchev–Trinajstić information content (AvgIpc) is 3.15. The van der Waals surface area contributed by atoms with Crippen LogP contribution in [0.15, 0.2) is 36.4 Å². The standard InChI is InChI=1S/C24H30FNO3/c1-28-21-6-7-22(25)23(12-21)29-14-16-2-3-18-11-19(5-4-17(18)10-16)20-8-9-24(26,13-20)15-27/h4-7,11-12,16,20,27H,2-3,8-10,13-15,26H2,1H3/t16?,20-,24+/m0/s1. The lowest BCUT2D eigenvalue weighted by Gasteiger charge is -2.26. The molecular formula is C24H30FNO3. The summed E-state index contributed by atoms with van der Waals surface area (Å²) in [5, 5.41) is 9.52. The van der Waals surface area contributed by atoms with E-state index in [0.29, 0.717) is 24.2 Å². The SMILES string of the molecule is COc1ccc(F)c(OCC2CCc3cc([C@H]4CC[C@](N)(CO)C4)ccc3C2)c1. The van der Waals surface area contributed by atoms with E-state index < -0.39 is 5.54 Å². The molecule has 1 fully saturated rings. The van der Waals surface area contributed by atoms with Crippen molar-refractivity contribution in [1.29, 1.82) is 0 Å². The molecule has 3 N–H and O–H groups in total. The third kappa shape index (κ3) is 4.41. The molecule has 0 radical (unpaired) electrons. The molecule has 1 unspecified atom stereocenters. The van der Waals surface area contributed by atoms with Crippen molar-refractivity contribution in [2.75, 3.05) is 20.3 Å². The van der Waals surface area contributed by atoms with Gasteiger partial charge in [0.05, 0.1) is 20.3 Å². The Morgan fingerprint density at radius 1 is 1.17 bits per heavy atom. The molecule has 1 saturated carbocycles. The highest BCUT2D eigenvalue weighted by Crippen LogP contribution is 2.40. The second-order valence-electron chi connectivity index (χ2n) is 8.70. The van der Waals surface area contributed by atoms with Gasteiger partial charge >= 0.3 is 0 Å². The van der Waals surface area contributed by atoms with Crippen LogP contribution in [-0.4, -0.2) is 31.0 Å². The monoisotopic (exact) mass is 399 g/mol. The molecule has 0 spiro atoms. The maximum atomic E-state index is 14.0. The largest absolute Gasteiger partial charge is 0.497 e. The lowest BCUT2D eigenvalue weighted by Crippen LogP contribution is -2.40. The molecular weight excluding hydrogens is 369 g/mol. The molecule has 5 heteroatoms. The zero-order valence-corrected chi connectivity index (χ0v) is 17.0. The second kappa shape index (κ2) is 8.33. The molecule has 29 heavy (non-hydrogen) atoms. The zero-order valence-electron chi connectivity index (χ0n) is 17.0. The molecule has 2 aromatic rings. The van der Waals surface area contributed by atoms with Crippen LogP contribution >= 0.6 is 0 Å². The van der Waals surface area contributed by atoms with Gasteiger partial charge in [0.15, 0.2) is 11.6 Å². The molecule has 0 aromatic heterocycles. The van der Waals surface area contributed by atoms with Gasteiger partial charge in [-0.1, -0.05) is 18.2 Å². The highest BCUT2D eigenvalue weighted by atomic mass is 19.1. The summed E-state index contributed by atoms with van der Waals surface area (Å²) in [6, 6.07) is 11.4. The average molecular weight is 400 g/mol. The summed E-state index contributed by atoms with van der Waals surface area (Å²) in [5.41, 5.74) is 9.95. The van der Waals surface area contributed by atoms with Crippen LogP contribution in [0.1, 0.15) is 48.3 Å². The third-order valence-electron chi connectivity index (χ3n) is 6.60. The van der Waals surface area contributed by atoms with E-state index in [2.05, 4.69) is 18.2 Å². The fraction of sp³-hybridized carbons (Fsp3) is 0.500. The third-order valence-corrected chi connectivity index (χ3v) is 6.60. The number of fused-ring (bicyclic) bond motifs is 1. The minimum absolute atomic E-state index is 0.0595. The van der Waals surface area contributed by atoms with Gasteiger partial charge in [0.2, 0.25) is 0 Å². The van der Waals surface area contributed by atoms with E-state index in [1.807, 2.05) is 0 Å². The van der Waals surface area contributed by atoms with Crippen molar-refractivity contribution in [2.45, 2.75) is 50.0 Å². The van der Waals surface area contributed by atoms with Crippen LogP contribution in [0.3, 0.4) is 0 Å². The van der Waals surface area contributed by atoms with Crippen molar-refractivity contribution >= 4 is 0 Å². The van der Waals surface area contributed by atoms with Crippen molar-refractivity contribution in [2.24, 2.45) is 11.7 Å². The number of halogens is 1. The van der Waals surface area contributed by atoms with Gasteiger partial charge in [0.1, 0.15) is 5.75 Å². The molecule has 0 bridgehead atoms. The number of ether oxygens (including phenoxy) is 2. The summed E-state index contributed by atoms with van der Waals surface area (Å²) in [6.45, 7) is 0.560. The number of methoxy groups -OCH3 is 1. The summed E-state index contributed by atoms with van der Waals surface area (Å²) in [4.78, 5) is 0. The first-order chi connectivity index (χ1) is 14.0. The van der Waals surface area contributed by atoms with Crippen LogP contribution in [0.25, 0.3) is 0 Å². The van der Waals surface area contributed by atoms with E-state index in [1.165, 1.54) is 22.8 Å². The van der Waals surface area contributed by atoms with Crippen molar-refractivity contribution in [3.8, 4) is 11.5 Å². The van der Waals surface area contributed by atoms with E-state index in [1.54, 1.807) is 19.2 Å². The first-order valence-corrected chi connectivity index (χ1v) is 10.5. The Morgan fingerprint density at radius 3 is 2.79 bits per heavy atom. The normalized spacial score (nSPS) is 26.2. The summed E-state index contributed by atoms with van der Waals surface area (Å²) < 4.78 is 24.9. The Balaban J connectivity index is 1.38. The van der Waals surface area contributed by atoms with Crippen LogP contribution in [0, 0.1) is 11.7 Å². The van der Waals surface area contributed by atoms with E-state index in [0.717, 1.165) is 38.5 Å². The minimum Gasteiger partial charge on any atom is -0.497 e. The van der Waals surface area contributed by atoms with Gasteiger partial charge in [0.25, 0.3) is 0 Å². The number of aryl methyl sites for hydroxylation is 1. The first-order valence-electron chi connectivity index (χ1n) is 10.5. The van der Waals surface area contributed by atoms with Crippen LogP contribution in [0.2, 0.25) is 0 Å². The molecule has 0 aliphatic heterocycles. The number of aliphatic hydroxyl groups is 1. The molecule has 0 amide bonds. The molecule has 3 atom stereocenters. The minimum atomic E-state index is -0.418. The smallest absolute Gasteiger partial charge is 0.165 e. The van der Waals surface area contributed by atoms with Gasteiger partial charge in [-0.2, -0.15) is 0 Å². The van der Waals surface area contributed by atoms with Crippen molar-refractivity contribution < 1.29 is 19.0 Å². The van der Waals surface area contributed by atoms with Gasteiger partial charge in [-0.05, 0) is 79.2 Å². The van der Waals surface area contributed by atoms with E-state index in [-0.39, 0.29) is 18.2 Å². The van der Waals surface area contributed by atoms with E-state index in [4.69, 9.17) is 15.2 Å². The maximum Gasteiger partial charge on any atom is 0.165 e. The Morgan fingerprint density at radius 2 is 2.03 bits per heavy atom. The fourth-order valence-corrected chi connectivity index (χ4v) is 4.76. The van der Waals surface area contributed by atoms with Crippen molar-refractivity contribution in [3.63, 3.8) is 0 Å². The van der Waals surface area contributed by atoms with Crippen LogP contribution in [0.4, 0.5) is 4.39 Å². The van der Waals surface area contributed by atoms with Crippen LogP contribution < -0.4 is 15.2 Å². The summed E-state index contributed by atoms with van der Waals surface area (Å²) >= 11 is 0. The highest BCUT2D eigenvalue weighted by Gasteiger charge is 2.36. The van der Waals surface area contributed by atoms with Gasteiger partial charge in [-0.25, -0.2) is 4.39 Å². The van der Waals surface area contributed by atoms with Crippen LogP contribution in [-0.2, 0) is 12.8 Å². The van der Waals surface area contributed by atoms with Gasteiger partial charge in [-0.15, -0.1) is 0 Å². The summed E-state index contributed by atoms with van der Waals surface area (Å²) in [5.74, 6) is 1.30. The number of rotatable bonds is 6. The molecule has 4 rings (SSSR count). The fourth-order valence-electron chi connectivity index (χ4n) is 4.76. The number of hydrogen-bond donors (Lipinski definition) is 2. The van der Waals surface area contributed by atoms with Gasteiger partial charge in [0, 0.05) is 11.6 Å². The van der Waals surface area contributed by atoms with E-state index >= 15 is 0 Å². The number of hydrogen-bond acceptors (Lipinski definition) is 4. The number of aliphatic hydroxyl groups excluding tert-OH is 1. The maximum absolute atomic E-state index is 14.0. The molecule has 4 nitrogen and oxygen atoms in total. The van der Waals surface area contributed by atoms with E-state index in [9.17, 15) is 9.50 Å². The molecule has 2 aromatic carbocycles. The summed E-state index contributed by atoms with van der Waals surface area (Å²) in [6.07, 6.45) is 5.76. The Hall–Kier alpha value is -2.11. The molecule has 156 valence electrons.